The van der Waals surface area contributed by atoms with Gasteiger partial charge in [0.25, 0.3) is 0 Å². The van der Waals surface area contributed by atoms with Crippen LogP contribution in [-0.4, -0.2) is 6.54 Å². The van der Waals surface area contributed by atoms with Gasteiger partial charge in [0, 0.05) is 15.0 Å². The first-order valence-corrected chi connectivity index (χ1v) is 8.43. The highest BCUT2D eigenvalue weighted by Gasteiger charge is 2.14. The topological polar surface area (TPSA) is 12.0 Å². The number of likely N-dealkylation sites (N-methyl/N-ethyl adjacent to an activating group) is 1. The second kappa shape index (κ2) is 7.39. The van der Waals surface area contributed by atoms with Gasteiger partial charge >= 0.3 is 0 Å². The van der Waals surface area contributed by atoms with E-state index in [4.69, 9.17) is 0 Å². The minimum absolute atomic E-state index is 0.346. The van der Waals surface area contributed by atoms with E-state index >= 15 is 0 Å². The van der Waals surface area contributed by atoms with E-state index in [0.717, 1.165) is 17.4 Å². The molecular weight excluding hydrogens is 378 g/mol. The van der Waals surface area contributed by atoms with Crippen LogP contribution in [0.25, 0.3) is 0 Å². The Labute approximate surface area is 138 Å². The van der Waals surface area contributed by atoms with Crippen molar-refractivity contribution in [2.24, 2.45) is 0 Å². The van der Waals surface area contributed by atoms with Crippen molar-refractivity contribution in [3.05, 3.63) is 68.1 Å². The molecule has 2 rings (SSSR count). The lowest BCUT2D eigenvalue weighted by Gasteiger charge is -2.21. The maximum Gasteiger partial charge on any atom is 0.0363 e. The van der Waals surface area contributed by atoms with Gasteiger partial charge in [0.2, 0.25) is 0 Å². The molecule has 0 aliphatic heterocycles. The third kappa shape index (κ3) is 3.94. The quantitative estimate of drug-likeness (QED) is 0.711. The molecule has 0 spiro atoms. The number of nitrogens with one attached hydrogen (secondary N) is 1. The van der Waals surface area contributed by atoms with E-state index in [-0.39, 0.29) is 0 Å². The third-order valence-electron chi connectivity index (χ3n) is 3.49. The second-order valence-corrected chi connectivity index (χ2v) is 6.66. The first kappa shape index (κ1) is 15.7. The highest BCUT2D eigenvalue weighted by Crippen LogP contribution is 2.27. The summed E-state index contributed by atoms with van der Waals surface area (Å²) in [6, 6.07) is 15.3. The Bertz CT molecular complexity index is 564. The highest BCUT2D eigenvalue weighted by atomic mass is 79.9. The molecule has 2 aromatic rings. The van der Waals surface area contributed by atoms with Crippen LogP contribution >= 0.6 is 31.9 Å². The van der Waals surface area contributed by atoms with Crippen LogP contribution in [0, 0.1) is 6.92 Å². The van der Waals surface area contributed by atoms with Crippen molar-refractivity contribution < 1.29 is 0 Å². The largest absolute Gasteiger partial charge is 0.310 e. The molecule has 1 atom stereocenters. The predicted octanol–water partition coefficient (Wildman–Crippen LogP) is 5.41. The van der Waals surface area contributed by atoms with Crippen molar-refractivity contribution in [2.75, 3.05) is 6.54 Å². The van der Waals surface area contributed by atoms with Gasteiger partial charge in [0.05, 0.1) is 0 Å². The summed E-state index contributed by atoms with van der Waals surface area (Å²) in [5, 5.41) is 3.60. The summed E-state index contributed by atoms with van der Waals surface area (Å²) in [6.07, 6.45) is 0.998. The molecule has 0 radical (unpaired) electrons. The Hall–Kier alpha value is -0.640. The Kier molecular flexibility index (Phi) is 5.82. The molecule has 2 aromatic carbocycles. The first-order chi connectivity index (χ1) is 9.61. The van der Waals surface area contributed by atoms with E-state index in [1.165, 1.54) is 21.2 Å². The van der Waals surface area contributed by atoms with Gasteiger partial charge in [-0.2, -0.15) is 0 Å². The number of hydrogen-bond donors (Lipinski definition) is 1. The van der Waals surface area contributed by atoms with Crippen LogP contribution in [0.2, 0.25) is 0 Å². The van der Waals surface area contributed by atoms with Gasteiger partial charge in [0.15, 0.2) is 0 Å². The zero-order valence-corrected chi connectivity index (χ0v) is 15.0. The lowest BCUT2D eigenvalue weighted by molar-refractivity contribution is 0.547. The molecule has 0 heterocycles. The van der Waals surface area contributed by atoms with Crippen LogP contribution < -0.4 is 5.32 Å². The SMILES string of the molecule is CCNC(Cc1ccc(Br)cc1)c1cccc(Br)c1C. The van der Waals surface area contributed by atoms with Gasteiger partial charge in [0.1, 0.15) is 0 Å². The standard InChI is InChI=1S/C17H19Br2N/c1-3-20-17(11-13-7-9-14(18)10-8-13)15-5-4-6-16(19)12(15)2/h4-10,17,20H,3,11H2,1-2H3. The average Bonchev–Trinajstić information content (AvgIpc) is 2.44. The summed E-state index contributed by atoms with van der Waals surface area (Å²) in [5.74, 6) is 0. The van der Waals surface area contributed by atoms with Crippen molar-refractivity contribution in [2.45, 2.75) is 26.3 Å². The molecule has 20 heavy (non-hydrogen) atoms. The predicted molar refractivity (Wildman–Crippen MR) is 93.1 cm³/mol. The molecule has 106 valence electrons. The summed E-state index contributed by atoms with van der Waals surface area (Å²) in [4.78, 5) is 0. The summed E-state index contributed by atoms with van der Waals surface area (Å²) >= 11 is 7.11. The molecule has 0 aliphatic carbocycles. The normalized spacial score (nSPS) is 12.4. The highest BCUT2D eigenvalue weighted by molar-refractivity contribution is 9.10. The molecule has 0 amide bonds. The van der Waals surface area contributed by atoms with Crippen molar-refractivity contribution >= 4 is 31.9 Å². The first-order valence-electron chi connectivity index (χ1n) is 6.84. The molecular formula is C17H19Br2N. The lowest BCUT2D eigenvalue weighted by atomic mass is 9.95. The van der Waals surface area contributed by atoms with Crippen LogP contribution in [0.1, 0.15) is 29.7 Å². The Morgan fingerprint density at radius 1 is 1.05 bits per heavy atom. The molecule has 0 aromatic heterocycles. The monoisotopic (exact) mass is 395 g/mol. The Morgan fingerprint density at radius 3 is 2.40 bits per heavy atom. The average molecular weight is 397 g/mol. The van der Waals surface area contributed by atoms with Crippen molar-refractivity contribution in [1.82, 2.24) is 5.32 Å². The maximum absolute atomic E-state index is 3.63. The smallest absolute Gasteiger partial charge is 0.0363 e. The second-order valence-electron chi connectivity index (χ2n) is 4.89. The number of hydrogen-bond acceptors (Lipinski definition) is 1. The number of halogens is 2. The fraction of sp³-hybridized carbons (Fsp3) is 0.294. The van der Waals surface area contributed by atoms with Gasteiger partial charge in [-0.05, 0) is 54.8 Å². The van der Waals surface area contributed by atoms with Gasteiger partial charge in [-0.1, -0.05) is 63.0 Å². The maximum atomic E-state index is 3.63. The number of rotatable bonds is 5. The van der Waals surface area contributed by atoms with Gasteiger partial charge < -0.3 is 5.32 Å². The molecule has 1 unspecified atom stereocenters. The van der Waals surface area contributed by atoms with Crippen molar-refractivity contribution in [3.63, 3.8) is 0 Å². The Morgan fingerprint density at radius 2 is 1.75 bits per heavy atom. The molecule has 0 bridgehead atoms. The molecule has 1 nitrogen and oxygen atoms in total. The van der Waals surface area contributed by atoms with Crippen LogP contribution in [0.3, 0.4) is 0 Å². The molecule has 0 aliphatic rings. The van der Waals surface area contributed by atoms with E-state index < -0.39 is 0 Å². The fourth-order valence-electron chi connectivity index (χ4n) is 2.40. The molecule has 0 fully saturated rings. The van der Waals surface area contributed by atoms with E-state index in [9.17, 15) is 0 Å². The third-order valence-corrected chi connectivity index (χ3v) is 4.88. The van der Waals surface area contributed by atoms with Crippen LogP contribution in [0.4, 0.5) is 0 Å². The summed E-state index contributed by atoms with van der Waals surface area (Å²) in [7, 11) is 0. The zero-order chi connectivity index (χ0) is 14.5. The van der Waals surface area contributed by atoms with Crippen LogP contribution in [0.5, 0.6) is 0 Å². The van der Waals surface area contributed by atoms with Crippen LogP contribution in [0.15, 0.2) is 51.4 Å². The number of benzene rings is 2. The van der Waals surface area contributed by atoms with Gasteiger partial charge in [-0.3, -0.25) is 0 Å². The van der Waals surface area contributed by atoms with E-state index in [0.29, 0.717) is 6.04 Å². The van der Waals surface area contributed by atoms with E-state index in [2.05, 4.69) is 93.5 Å². The molecule has 0 saturated heterocycles. The summed E-state index contributed by atoms with van der Waals surface area (Å²) in [5.41, 5.74) is 4.03. The van der Waals surface area contributed by atoms with Gasteiger partial charge in [-0.25, -0.2) is 0 Å². The minimum Gasteiger partial charge on any atom is -0.310 e. The van der Waals surface area contributed by atoms with E-state index in [1.807, 2.05) is 0 Å². The van der Waals surface area contributed by atoms with Crippen molar-refractivity contribution in [3.8, 4) is 0 Å². The molecule has 3 heteroatoms. The molecule has 1 N–H and O–H groups in total. The Balaban J connectivity index is 2.26. The lowest BCUT2D eigenvalue weighted by Crippen LogP contribution is -2.23. The zero-order valence-electron chi connectivity index (χ0n) is 11.8. The summed E-state index contributed by atoms with van der Waals surface area (Å²) in [6.45, 7) is 5.29. The van der Waals surface area contributed by atoms with Gasteiger partial charge in [-0.15, -0.1) is 0 Å². The summed E-state index contributed by atoms with van der Waals surface area (Å²) < 4.78 is 2.30. The fourth-order valence-corrected chi connectivity index (χ4v) is 3.04. The minimum atomic E-state index is 0.346. The van der Waals surface area contributed by atoms with Crippen molar-refractivity contribution in [1.29, 1.82) is 0 Å². The van der Waals surface area contributed by atoms with E-state index in [1.54, 1.807) is 0 Å². The molecule has 0 saturated carbocycles. The van der Waals surface area contributed by atoms with Crippen LogP contribution in [-0.2, 0) is 6.42 Å².